The number of para-hydroxylation sites is 2. The van der Waals surface area contributed by atoms with Gasteiger partial charge in [-0.2, -0.15) is 5.10 Å². The zero-order valence-electron chi connectivity index (χ0n) is 14.5. The first-order valence-electron chi connectivity index (χ1n) is 7.98. The Bertz CT molecular complexity index is 807. The van der Waals surface area contributed by atoms with Gasteiger partial charge < -0.3 is 9.30 Å². The molecule has 0 spiro atoms. The second-order valence-electron chi connectivity index (χ2n) is 5.58. The molecule has 5 nitrogen and oxygen atoms in total. The van der Waals surface area contributed by atoms with Crippen LogP contribution in [-0.4, -0.2) is 28.3 Å². The summed E-state index contributed by atoms with van der Waals surface area (Å²) in [6, 6.07) is 9.93. The second kappa shape index (κ2) is 7.13. The summed E-state index contributed by atoms with van der Waals surface area (Å²) in [5, 5.41) is 5.33. The number of aliphatic imine (C=N–C) groups is 1. The van der Waals surface area contributed by atoms with E-state index in [4.69, 9.17) is 4.74 Å². The van der Waals surface area contributed by atoms with E-state index in [2.05, 4.69) is 46.9 Å². The maximum atomic E-state index is 5.34. The van der Waals surface area contributed by atoms with Crippen molar-refractivity contribution >= 4 is 28.3 Å². The molecule has 6 heteroatoms. The van der Waals surface area contributed by atoms with Crippen molar-refractivity contribution in [3.8, 4) is 5.75 Å². The van der Waals surface area contributed by atoms with Crippen LogP contribution in [-0.2, 0) is 6.54 Å². The summed E-state index contributed by atoms with van der Waals surface area (Å²) in [4.78, 5) is 4.61. The van der Waals surface area contributed by atoms with Crippen LogP contribution >= 0.6 is 11.8 Å². The largest absolute Gasteiger partial charge is 0.494 e. The lowest BCUT2D eigenvalue weighted by atomic mass is 10.1. The first-order chi connectivity index (χ1) is 11.6. The van der Waals surface area contributed by atoms with Crippen molar-refractivity contribution in [2.75, 3.05) is 12.9 Å². The Morgan fingerprint density at radius 2 is 2.12 bits per heavy atom. The van der Waals surface area contributed by atoms with Crippen molar-refractivity contribution < 1.29 is 4.74 Å². The van der Waals surface area contributed by atoms with Gasteiger partial charge in [-0.15, -0.1) is 0 Å². The van der Waals surface area contributed by atoms with Gasteiger partial charge in [-0.05, 0) is 39.0 Å². The molecule has 1 aromatic heterocycles. The Morgan fingerprint density at radius 3 is 2.75 bits per heavy atom. The number of rotatable bonds is 4. The minimum atomic E-state index is 0.758. The van der Waals surface area contributed by atoms with Crippen molar-refractivity contribution in [1.29, 1.82) is 0 Å². The van der Waals surface area contributed by atoms with Crippen LogP contribution in [0, 0.1) is 13.8 Å². The van der Waals surface area contributed by atoms with Gasteiger partial charge in [0, 0.05) is 29.2 Å². The monoisotopic (exact) mass is 342 g/mol. The van der Waals surface area contributed by atoms with Crippen LogP contribution in [0.1, 0.15) is 23.9 Å². The standard InChI is InChI=1S/C18H22N4OS/c1-5-22-12(2)10-14(13(22)3)16-11-24-18(21-20-16)19-15-8-6-7-9-17(15)23-4/h6-10H,5,11H2,1-4H3,(H,19,21). The maximum absolute atomic E-state index is 5.34. The van der Waals surface area contributed by atoms with Crippen LogP contribution in [0.5, 0.6) is 5.75 Å². The highest BCUT2D eigenvalue weighted by molar-refractivity contribution is 8.14. The molecule has 126 valence electrons. The smallest absolute Gasteiger partial charge is 0.182 e. The van der Waals surface area contributed by atoms with Gasteiger partial charge in [-0.1, -0.05) is 23.9 Å². The van der Waals surface area contributed by atoms with Crippen LogP contribution < -0.4 is 10.2 Å². The number of nitrogens with one attached hydrogen (secondary N) is 1. The van der Waals surface area contributed by atoms with Crippen molar-refractivity contribution in [3.63, 3.8) is 0 Å². The topological polar surface area (TPSA) is 50.9 Å². The molecule has 0 atom stereocenters. The molecule has 0 unspecified atom stereocenters. The van der Waals surface area contributed by atoms with Gasteiger partial charge in [-0.25, -0.2) is 4.99 Å². The van der Waals surface area contributed by atoms with Crippen molar-refractivity contribution in [3.05, 3.63) is 47.3 Å². The number of ether oxygens (including phenoxy) is 1. The second-order valence-corrected chi connectivity index (χ2v) is 6.54. The minimum absolute atomic E-state index is 0.758. The summed E-state index contributed by atoms with van der Waals surface area (Å²) in [7, 11) is 1.65. The fourth-order valence-corrected chi connectivity index (χ4v) is 3.69. The summed E-state index contributed by atoms with van der Waals surface area (Å²) >= 11 is 1.65. The van der Waals surface area contributed by atoms with Crippen molar-refractivity contribution in [2.24, 2.45) is 10.1 Å². The lowest BCUT2D eigenvalue weighted by Gasteiger charge is -2.15. The first-order valence-corrected chi connectivity index (χ1v) is 8.96. The molecule has 1 aliphatic heterocycles. The third-order valence-electron chi connectivity index (χ3n) is 4.14. The average molecular weight is 342 g/mol. The molecule has 1 aromatic carbocycles. The van der Waals surface area contributed by atoms with Gasteiger partial charge in [0.1, 0.15) is 11.4 Å². The van der Waals surface area contributed by atoms with Crippen LogP contribution in [0.15, 0.2) is 40.4 Å². The van der Waals surface area contributed by atoms with Gasteiger partial charge >= 0.3 is 0 Å². The summed E-state index contributed by atoms with van der Waals surface area (Å²) in [6.07, 6.45) is 0. The molecule has 0 aliphatic carbocycles. The number of hydrogen-bond acceptors (Lipinski definition) is 4. The van der Waals surface area contributed by atoms with E-state index in [1.807, 2.05) is 24.3 Å². The molecule has 0 fully saturated rings. The number of methoxy groups -OCH3 is 1. The highest BCUT2D eigenvalue weighted by Gasteiger charge is 2.18. The predicted octanol–water partition coefficient (Wildman–Crippen LogP) is 3.86. The quantitative estimate of drug-likeness (QED) is 0.918. The number of hydrogen-bond donors (Lipinski definition) is 1. The molecule has 2 heterocycles. The fourth-order valence-electron chi connectivity index (χ4n) is 2.92. The van der Waals surface area contributed by atoms with E-state index >= 15 is 0 Å². The van der Waals surface area contributed by atoms with E-state index < -0.39 is 0 Å². The number of benzene rings is 1. The Hall–Kier alpha value is -2.21. The number of amidine groups is 1. The molecule has 3 rings (SSSR count). The highest BCUT2D eigenvalue weighted by atomic mass is 32.2. The number of thioether (sulfide) groups is 1. The average Bonchev–Trinajstić information content (AvgIpc) is 2.90. The maximum Gasteiger partial charge on any atom is 0.182 e. The van der Waals surface area contributed by atoms with Crippen LogP contribution in [0.3, 0.4) is 0 Å². The minimum Gasteiger partial charge on any atom is -0.494 e. The van der Waals surface area contributed by atoms with Gasteiger partial charge in [0.2, 0.25) is 0 Å². The molecular formula is C18H22N4OS. The first kappa shape index (κ1) is 16.6. The Morgan fingerprint density at radius 1 is 1.33 bits per heavy atom. The number of hydrazone groups is 1. The highest BCUT2D eigenvalue weighted by Crippen LogP contribution is 2.28. The van der Waals surface area contributed by atoms with Crippen molar-refractivity contribution in [2.45, 2.75) is 27.3 Å². The van der Waals surface area contributed by atoms with Crippen LogP contribution in [0.2, 0.25) is 0 Å². The normalized spacial score (nSPS) is 16.0. The van der Waals surface area contributed by atoms with Crippen molar-refractivity contribution in [1.82, 2.24) is 9.99 Å². The van der Waals surface area contributed by atoms with E-state index in [-0.39, 0.29) is 0 Å². The third-order valence-corrected chi connectivity index (χ3v) is 5.01. The van der Waals surface area contributed by atoms with Gasteiger partial charge in [-0.3, -0.25) is 5.43 Å². The molecule has 1 aliphatic rings. The van der Waals surface area contributed by atoms with E-state index in [1.165, 1.54) is 17.0 Å². The van der Waals surface area contributed by atoms with E-state index in [9.17, 15) is 0 Å². The fraction of sp³-hybridized carbons (Fsp3) is 0.333. The molecule has 0 radical (unpaired) electrons. The molecule has 0 saturated heterocycles. The molecule has 1 N–H and O–H groups in total. The Labute approximate surface area is 146 Å². The Balaban J connectivity index is 1.83. The van der Waals surface area contributed by atoms with E-state index in [1.54, 1.807) is 18.9 Å². The number of aromatic nitrogens is 1. The predicted molar refractivity (Wildman–Crippen MR) is 102 cm³/mol. The van der Waals surface area contributed by atoms with Gasteiger partial charge in [0.05, 0.1) is 12.8 Å². The zero-order valence-corrected chi connectivity index (χ0v) is 15.3. The zero-order chi connectivity index (χ0) is 17.1. The third kappa shape index (κ3) is 3.19. The van der Waals surface area contributed by atoms with E-state index in [0.717, 1.165) is 34.6 Å². The lowest BCUT2D eigenvalue weighted by Crippen LogP contribution is -2.25. The summed E-state index contributed by atoms with van der Waals surface area (Å²) in [5.74, 6) is 1.56. The summed E-state index contributed by atoms with van der Waals surface area (Å²) in [6.45, 7) is 7.43. The lowest BCUT2D eigenvalue weighted by molar-refractivity contribution is 0.416. The molecule has 2 aromatic rings. The van der Waals surface area contributed by atoms with Gasteiger partial charge in [0.15, 0.2) is 5.17 Å². The SMILES string of the molecule is CCn1c(C)cc(C2=NNC(=Nc3ccccc3OC)SC2)c1C. The summed E-state index contributed by atoms with van der Waals surface area (Å²) < 4.78 is 7.65. The number of nitrogens with zero attached hydrogens (tertiary/aromatic N) is 3. The molecule has 24 heavy (non-hydrogen) atoms. The molecule has 0 saturated carbocycles. The molecule has 0 amide bonds. The van der Waals surface area contributed by atoms with Crippen LogP contribution in [0.4, 0.5) is 5.69 Å². The van der Waals surface area contributed by atoms with E-state index in [0.29, 0.717) is 0 Å². The summed E-state index contributed by atoms with van der Waals surface area (Å²) in [5.41, 5.74) is 8.69. The molecular weight excluding hydrogens is 320 g/mol. The number of aryl methyl sites for hydroxylation is 1. The van der Waals surface area contributed by atoms with Gasteiger partial charge in [0.25, 0.3) is 0 Å². The Kier molecular flexibility index (Phi) is 4.94. The molecule has 0 bridgehead atoms. The van der Waals surface area contributed by atoms with Crippen LogP contribution in [0.25, 0.3) is 0 Å².